The van der Waals surface area contributed by atoms with E-state index in [9.17, 15) is 8.78 Å². The van der Waals surface area contributed by atoms with Gasteiger partial charge in [0, 0.05) is 0 Å². The van der Waals surface area contributed by atoms with Crippen LogP contribution in [0.5, 0.6) is 0 Å². The molecule has 0 amide bonds. The van der Waals surface area contributed by atoms with Crippen LogP contribution in [0.1, 0.15) is 6.92 Å². The molecule has 2 nitrogen and oxygen atoms in total. The Balaban J connectivity index is 2.68. The quantitative estimate of drug-likeness (QED) is 0.597. The van der Waals surface area contributed by atoms with E-state index in [-0.39, 0.29) is 10.9 Å². The number of allylic oxidation sites excluding steroid dienone is 1. The molecule has 10 heavy (non-hydrogen) atoms. The highest BCUT2D eigenvalue weighted by Crippen LogP contribution is 2.37. The molecule has 0 fully saturated rings. The minimum absolute atomic E-state index is 0.137. The predicted molar refractivity (Wildman–Crippen MR) is 33.3 cm³/mol. The van der Waals surface area contributed by atoms with E-state index >= 15 is 0 Å². The largest absolute Gasteiger partial charge is 0.586 e. The average Bonchev–Trinajstić information content (AvgIpc) is 2.05. The normalized spacial score (nSPS) is 22.4. The molecule has 5 heteroatoms. The topological polar surface area (TPSA) is 18.5 Å². The maximum Gasteiger partial charge on any atom is 0.586 e. The fourth-order valence-corrected chi connectivity index (χ4v) is 1.12. The molecule has 0 aromatic heterocycles. The van der Waals surface area contributed by atoms with Crippen LogP contribution in [0.25, 0.3) is 0 Å². The van der Waals surface area contributed by atoms with E-state index in [1.807, 2.05) is 0 Å². The second-order valence-electron chi connectivity index (χ2n) is 1.72. The van der Waals surface area contributed by atoms with Crippen molar-refractivity contribution in [3.05, 3.63) is 10.9 Å². The molecular formula is C5H6F2O2S. The Morgan fingerprint density at radius 2 is 2.00 bits per heavy atom. The molecule has 1 heterocycles. The van der Waals surface area contributed by atoms with E-state index in [1.165, 1.54) is 6.92 Å². The lowest BCUT2D eigenvalue weighted by atomic mass is 10.6. The summed E-state index contributed by atoms with van der Waals surface area (Å²) in [5, 5.41) is 0.144. The lowest BCUT2D eigenvalue weighted by molar-refractivity contribution is -0.334. The zero-order valence-electron chi connectivity index (χ0n) is 5.48. The van der Waals surface area contributed by atoms with Gasteiger partial charge in [0.05, 0.1) is 0 Å². The standard InChI is InChI=1S/C5H6F2O2S/c1-3-4(10-2)9-5(6,7)8-3/h1-2H3. The summed E-state index contributed by atoms with van der Waals surface area (Å²) < 4.78 is 32.4. The molecule has 0 aromatic rings. The predicted octanol–water partition coefficient (Wildman–Crippen LogP) is 2.14. The summed E-state index contributed by atoms with van der Waals surface area (Å²) in [4.78, 5) is 0. The molecule has 0 unspecified atom stereocenters. The summed E-state index contributed by atoms with van der Waals surface area (Å²) >= 11 is 1.10. The van der Waals surface area contributed by atoms with Crippen molar-refractivity contribution in [1.82, 2.24) is 0 Å². The maximum atomic E-state index is 12.1. The molecule has 0 saturated heterocycles. The van der Waals surface area contributed by atoms with Crippen molar-refractivity contribution < 1.29 is 18.3 Å². The Morgan fingerprint density at radius 1 is 1.40 bits per heavy atom. The van der Waals surface area contributed by atoms with Gasteiger partial charge in [0.15, 0.2) is 5.76 Å². The highest BCUT2D eigenvalue weighted by molar-refractivity contribution is 8.02. The molecular weight excluding hydrogens is 162 g/mol. The number of thioether (sulfide) groups is 1. The van der Waals surface area contributed by atoms with Crippen LogP contribution in [-0.2, 0) is 9.47 Å². The summed E-state index contributed by atoms with van der Waals surface area (Å²) in [6.45, 7) is 1.44. The Kier molecular flexibility index (Phi) is 1.76. The Bertz CT molecular complexity index is 178. The summed E-state index contributed by atoms with van der Waals surface area (Å²) in [6, 6.07) is 0. The van der Waals surface area contributed by atoms with Crippen molar-refractivity contribution in [3.63, 3.8) is 0 Å². The Labute approximate surface area is 61.2 Å². The molecule has 1 aliphatic rings. The van der Waals surface area contributed by atoms with Crippen molar-refractivity contribution in [2.75, 3.05) is 6.26 Å². The number of ether oxygens (including phenoxy) is 2. The summed E-state index contributed by atoms with van der Waals surface area (Å²) in [6.07, 6.45) is -1.81. The van der Waals surface area contributed by atoms with E-state index in [2.05, 4.69) is 9.47 Å². The van der Waals surface area contributed by atoms with Gasteiger partial charge in [-0.1, -0.05) is 11.8 Å². The minimum atomic E-state index is -3.46. The minimum Gasteiger partial charge on any atom is -0.400 e. The Hall–Kier alpha value is -0.450. The average molecular weight is 168 g/mol. The smallest absolute Gasteiger partial charge is 0.400 e. The third-order valence-electron chi connectivity index (χ3n) is 0.956. The first-order valence-electron chi connectivity index (χ1n) is 2.56. The van der Waals surface area contributed by atoms with Gasteiger partial charge in [0.25, 0.3) is 0 Å². The van der Waals surface area contributed by atoms with Crippen LogP contribution < -0.4 is 0 Å². The molecule has 0 radical (unpaired) electrons. The molecule has 0 atom stereocenters. The van der Waals surface area contributed by atoms with E-state index in [0.717, 1.165) is 11.8 Å². The fourth-order valence-electron chi connectivity index (χ4n) is 0.606. The van der Waals surface area contributed by atoms with Crippen LogP contribution in [0.2, 0.25) is 0 Å². The van der Waals surface area contributed by atoms with Crippen LogP contribution in [0, 0.1) is 0 Å². The van der Waals surface area contributed by atoms with Gasteiger partial charge in [-0.3, -0.25) is 0 Å². The third-order valence-corrected chi connectivity index (χ3v) is 1.70. The van der Waals surface area contributed by atoms with Crippen molar-refractivity contribution in [2.24, 2.45) is 0 Å². The first-order valence-corrected chi connectivity index (χ1v) is 3.78. The number of halogens is 2. The zero-order valence-corrected chi connectivity index (χ0v) is 6.30. The van der Waals surface area contributed by atoms with Crippen LogP contribution in [0.3, 0.4) is 0 Å². The fraction of sp³-hybridized carbons (Fsp3) is 0.600. The molecule has 0 N–H and O–H groups in total. The van der Waals surface area contributed by atoms with E-state index in [4.69, 9.17) is 0 Å². The second-order valence-corrected chi connectivity index (χ2v) is 2.49. The zero-order chi connectivity index (χ0) is 7.78. The van der Waals surface area contributed by atoms with Crippen LogP contribution >= 0.6 is 11.8 Å². The first-order chi connectivity index (χ1) is 4.55. The van der Waals surface area contributed by atoms with Crippen LogP contribution in [-0.4, -0.2) is 12.6 Å². The van der Waals surface area contributed by atoms with Gasteiger partial charge in [-0.2, -0.15) is 0 Å². The van der Waals surface area contributed by atoms with Crippen molar-refractivity contribution in [1.29, 1.82) is 0 Å². The summed E-state index contributed by atoms with van der Waals surface area (Å²) in [5.41, 5.74) is 0. The summed E-state index contributed by atoms with van der Waals surface area (Å²) in [7, 11) is 0. The molecule has 1 rings (SSSR count). The van der Waals surface area contributed by atoms with Crippen LogP contribution in [0.4, 0.5) is 8.78 Å². The van der Waals surface area contributed by atoms with E-state index in [0.29, 0.717) is 0 Å². The monoisotopic (exact) mass is 168 g/mol. The molecule has 1 aliphatic heterocycles. The number of hydrogen-bond acceptors (Lipinski definition) is 3. The van der Waals surface area contributed by atoms with Crippen molar-refractivity contribution in [3.8, 4) is 0 Å². The lowest BCUT2D eigenvalue weighted by Gasteiger charge is -2.06. The molecule has 0 aromatic carbocycles. The van der Waals surface area contributed by atoms with Crippen LogP contribution in [0.15, 0.2) is 10.9 Å². The highest BCUT2D eigenvalue weighted by Gasteiger charge is 2.43. The number of alkyl halides is 2. The van der Waals surface area contributed by atoms with Gasteiger partial charge in [-0.05, 0) is 13.2 Å². The molecule has 0 aliphatic carbocycles. The van der Waals surface area contributed by atoms with Gasteiger partial charge in [-0.25, -0.2) is 0 Å². The number of rotatable bonds is 1. The van der Waals surface area contributed by atoms with Gasteiger partial charge in [-0.15, -0.1) is 8.78 Å². The van der Waals surface area contributed by atoms with Crippen molar-refractivity contribution >= 4 is 11.8 Å². The van der Waals surface area contributed by atoms with Gasteiger partial charge in [0.1, 0.15) is 0 Å². The summed E-state index contributed by atoms with van der Waals surface area (Å²) in [5.74, 6) is 0.137. The number of hydrogen-bond donors (Lipinski definition) is 0. The molecule has 0 spiro atoms. The second kappa shape index (κ2) is 2.30. The van der Waals surface area contributed by atoms with Gasteiger partial charge >= 0.3 is 6.29 Å². The molecule has 0 saturated carbocycles. The lowest BCUT2D eigenvalue weighted by Crippen LogP contribution is -2.16. The van der Waals surface area contributed by atoms with E-state index < -0.39 is 6.29 Å². The van der Waals surface area contributed by atoms with Crippen molar-refractivity contribution in [2.45, 2.75) is 13.2 Å². The molecule has 58 valence electrons. The Morgan fingerprint density at radius 3 is 2.20 bits per heavy atom. The highest BCUT2D eigenvalue weighted by atomic mass is 32.2. The maximum absolute atomic E-state index is 12.1. The SMILES string of the molecule is CSC1=C(C)OC(F)(F)O1. The van der Waals surface area contributed by atoms with E-state index in [1.54, 1.807) is 6.26 Å². The van der Waals surface area contributed by atoms with Gasteiger partial charge in [0.2, 0.25) is 5.09 Å². The molecule has 0 bridgehead atoms. The first kappa shape index (κ1) is 7.65. The third kappa shape index (κ3) is 1.34. The van der Waals surface area contributed by atoms with Gasteiger partial charge < -0.3 is 9.47 Å².